The van der Waals surface area contributed by atoms with Crippen LogP contribution in [0.5, 0.6) is 0 Å². The highest BCUT2D eigenvalue weighted by molar-refractivity contribution is 5.96. The molecule has 1 saturated carbocycles. The number of carbonyl (C=O) groups is 1. The lowest BCUT2D eigenvalue weighted by molar-refractivity contribution is -0.123. The minimum absolute atomic E-state index is 0.162. The molecule has 1 amide bonds. The van der Waals surface area contributed by atoms with Crippen LogP contribution < -0.4 is 4.90 Å². The summed E-state index contributed by atoms with van der Waals surface area (Å²) < 4.78 is 0. The Kier molecular flexibility index (Phi) is 5.13. The molecule has 152 valence electrons. The molecule has 1 atom stereocenters. The highest BCUT2D eigenvalue weighted by Gasteiger charge is 2.43. The molecule has 1 unspecified atom stereocenters. The zero-order chi connectivity index (χ0) is 19.7. The zero-order valence-electron chi connectivity index (χ0n) is 17.2. The van der Waals surface area contributed by atoms with Crippen LogP contribution in [-0.4, -0.2) is 35.4 Å². The standard InChI is InChI=1S/C25H31N3O/c29-24(20-8-1-2-9-20)28-19-25(16-21-10-3-4-12-23(21)28)13-7-15-27(18-25)17-22-11-5-6-14-26-22/h3-6,10-12,14,20H,1-2,7-9,13,15-19H2. The van der Waals surface area contributed by atoms with E-state index in [0.717, 1.165) is 56.8 Å². The number of para-hydroxylation sites is 1. The Morgan fingerprint density at radius 1 is 1.03 bits per heavy atom. The van der Waals surface area contributed by atoms with E-state index in [-0.39, 0.29) is 11.3 Å². The van der Waals surface area contributed by atoms with Crippen molar-refractivity contribution >= 4 is 11.6 Å². The van der Waals surface area contributed by atoms with Crippen LogP contribution in [0.15, 0.2) is 48.7 Å². The van der Waals surface area contributed by atoms with Crippen molar-refractivity contribution in [3.05, 3.63) is 59.9 Å². The minimum atomic E-state index is 0.162. The number of carbonyl (C=O) groups excluding carboxylic acids is 1. The number of pyridine rings is 1. The normalized spacial score (nSPS) is 25.3. The molecule has 2 aliphatic heterocycles. The Morgan fingerprint density at radius 3 is 2.69 bits per heavy atom. The second-order valence-corrected chi connectivity index (χ2v) is 9.35. The van der Waals surface area contributed by atoms with Gasteiger partial charge in [0.2, 0.25) is 5.91 Å². The van der Waals surface area contributed by atoms with Crippen LogP contribution in [0, 0.1) is 11.3 Å². The number of hydrogen-bond acceptors (Lipinski definition) is 3. The number of rotatable bonds is 3. The molecule has 2 aromatic rings. The molecule has 1 spiro atoms. The van der Waals surface area contributed by atoms with Gasteiger partial charge in [-0.2, -0.15) is 0 Å². The van der Waals surface area contributed by atoms with Crippen molar-refractivity contribution in [1.82, 2.24) is 9.88 Å². The monoisotopic (exact) mass is 389 g/mol. The number of piperidine rings is 1. The van der Waals surface area contributed by atoms with Crippen LogP contribution in [0.25, 0.3) is 0 Å². The summed E-state index contributed by atoms with van der Waals surface area (Å²) in [4.78, 5) is 22.7. The summed E-state index contributed by atoms with van der Waals surface area (Å²) in [6.45, 7) is 3.95. The van der Waals surface area contributed by atoms with E-state index in [2.05, 4.69) is 51.2 Å². The van der Waals surface area contributed by atoms with Crippen molar-refractivity contribution in [2.45, 2.75) is 51.5 Å². The van der Waals surface area contributed by atoms with Gasteiger partial charge in [-0.05, 0) is 62.4 Å². The number of hydrogen-bond donors (Lipinski definition) is 0. The first-order chi connectivity index (χ1) is 14.2. The van der Waals surface area contributed by atoms with E-state index >= 15 is 0 Å². The Labute approximate surface area is 173 Å². The molecule has 0 bridgehead atoms. The number of fused-ring (bicyclic) bond motifs is 1. The predicted octanol–water partition coefficient (Wildman–Crippen LogP) is 4.44. The van der Waals surface area contributed by atoms with Gasteiger partial charge in [0.15, 0.2) is 0 Å². The molecule has 1 aromatic heterocycles. The molecule has 0 N–H and O–H groups in total. The van der Waals surface area contributed by atoms with E-state index in [1.165, 1.54) is 31.2 Å². The largest absolute Gasteiger partial charge is 0.311 e. The van der Waals surface area contributed by atoms with E-state index in [0.29, 0.717) is 5.91 Å². The number of amides is 1. The van der Waals surface area contributed by atoms with Crippen LogP contribution in [-0.2, 0) is 17.8 Å². The average Bonchev–Trinajstić information content (AvgIpc) is 3.28. The van der Waals surface area contributed by atoms with Gasteiger partial charge in [-0.3, -0.25) is 14.7 Å². The molecular formula is C25H31N3O. The van der Waals surface area contributed by atoms with E-state index in [1.807, 2.05) is 12.3 Å². The number of anilines is 1. The summed E-state index contributed by atoms with van der Waals surface area (Å²) in [6.07, 6.45) is 9.90. The Hall–Kier alpha value is -2.20. The van der Waals surface area contributed by atoms with Crippen LogP contribution in [0.2, 0.25) is 0 Å². The first-order valence-corrected chi connectivity index (χ1v) is 11.2. The fraction of sp³-hybridized carbons (Fsp3) is 0.520. The number of nitrogens with zero attached hydrogens (tertiary/aromatic N) is 3. The van der Waals surface area contributed by atoms with Gasteiger partial charge >= 0.3 is 0 Å². The third-order valence-corrected chi connectivity index (χ3v) is 7.16. The average molecular weight is 390 g/mol. The molecule has 1 saturated heterocycles. The van der Waals surface area contributed by atoms with Crippen molar-refractivity contribution in [3.8, 4) is 0 Å². The highest BCUT2D eigenvalue weighted by atomic mass is 16.2. The Balaban J connectivity index is 1.40. The summed E-state index contributed by atoms with van der Waals surface area (Å²) in [5, 5.41) is 0. The number of likely N-dealkylation sites (tertiary alicyclic amines) is 1. The lowest BCUT2D eigenvalue weighted by atomic mass is 9.72. The molecule has 4 heteroatoms. The number of aromatic nitrogens is 1. The molecule has 5 rings (SSSR count). The van der Waals surface area contributed by atoms with Gasteiger partial charge < -0.3 is 4.90 Å². The molecular weight excluding hydrogens is 358 g/mol. The summed E-state index contributed by atoms with van der Waals surface area (Å²) in [5.41, 5.74) is 3.82. The first-order valence-electron chi connectivity index (χ1n) is 11.2. The Morgan fingerprint density at radius 2 is 1.86 bits per heavy atom. The summed E-state index contributed by atoms with van der Waals surface area (Å²) >= 11 is 0. The lowest BCUT2D eigenvalue weighted by Gasteiger charge is -2.49. The molecule has 2 fully saturated rings. The van der Waals surface area contributed by atoms with Gasteiger partial charge in [0.25, 0.3) is 0 Å². The summed E-state index contributed by atoms with van der Waals surface area (Å²) in [6, 6.07) is 14.8. The van der Waals surface area contributed by atoms with Crippen LogP contribution in [0.4, 0.5) is 5.69 Å². The van der Waals surface area contributed by atoms with E-state index < -0.39 is 0 Å². The molecule has 4 nitrogen and oxygen atoms in total. The third-order valence-electron chi connectivity index (χ3n) is 7.16. The maximum absolute atomic E-state index is 13.5. The molecule has 29 heavy (non-hydrogen) atoms. The predicted molar refractivity (Wildman–Crippen MR) is 116 cm³/mol. The van der Waals surface area contributed by atoms with Crippen molar-refractivity contribution in [3.63, 3.8) is 0 Å². The van der Waals surface area contributed by atoms with Gasteiger partial charge in [0, 0.05) is 42.9 Å². The molecule has 0 radical (unpaired) electrons. The van der Waals surface area contributed by atoms with Gasteiger partial charge in [-0.1, -0.05) is 37.1 Å². The quantitative estimate of drug-likeness (QED) is 0.778. The van der Waals surface area contributed by atoms with E-state index in [4.69, 9.17) is 0 Å². The van der Waals surface area contributed by atoms with Gasteiger partial charge in [-0.25, -0.2) is 0 Å². The SMILES string of the molecule is O=C(C1CCCC1)N1CC2(CCCN(Cc3ccccn3)C2)Cc2ccccc21. The maximum atomic E-state index is 13.5. The van der Waals surface area contributed by atoms with Crippen molar-refractivity contribution in [2.75, 3.05) is 24.5 Å². The summed E-state index contributed by atoms with van der Waals surface area (Å²) in [5.74, 6) is 0.599. The molecule has 3 aliphatic rings. The fourth-order valence-corrected chi connectivity index (χ4v) is 5.83. The third kappa shape index (κ3) is 3.83. The second kappa shape index (κ2) is 7.91. The van der Waals surface area contributed by atoms with Gasteiger partial charge in [0.1, 0.15) is 0 Å². The summed E-state index contributed by atoms with van der Waals surface area (Å²) in [7, 11) is 0. The van der Waals surface area contributed by atoms with E-state index in [1.54, 1.807) is 0 Å². The maximum Gasteiger partial charge on any atom is 0.230 e. The van der Waals surface area contributed by atoms with Gasteiger partial charge in [-0.15, -0.1) is 0 Å². The number of benzene rings is 1. The van der Waals surface area contributed by atoms with Crippen molar-refractivity contribution in [2.24, 2.45) is 11.3 Å². The van der Waals surface area contributed by atoms with Crippen LogP contribution >= 0.6 is 0 Å². The zero-order valence-corrected chi connectivity index (χ0v) is 17.2. The van der Waals surface area contributed by atoms with Crippen molar-refractivity contribution < 1.29 is 4.79 Å². The minimum Gasteiger partial charge on any atom is -0.311 e. The lowest BCUT2D eigenvalue weighted by Crippen LogP contribution is -2.55. The van der Waals surface area contributed by atoms with E-state index in [9.17, 15) is 4.79 Å². The topological polar surface area (TPSA) is 36.4 Å². The smallest absolute Gasteiger partial charge is 0.230 e. The molecule has 3 heterocycles. The molecule has 1 aliphatic carbocycles. The van der Waals surface area contributed by atoms with Crippen molar-refractivity contribution in [1.29, 1.82) is 0 Å². The fourth-order valence-electron chi connectivity index (χ4n) is 5.83. The first kappa shape index (κ1) is 18.8. The van der Waals surface area contributed by atoms with Crippen LogP contribution in [0.1, 0.15) is 49.8 Å². The second-order valence-electron chi connectivity index (χ2n) is 9.35. The Bertz CT molecular complexity index is 861. The molecule has 1 aromatic carbocycles. The van der Waals surface area contributed by atoms with Crippen LogP contribution in [0.3, 0.4) is 0 Å². The highest BCUT2D eigenvalue weighted by Crippen LogP contribution is 2.43. The van der Waals surface area contributed by atoms with Gasteiger partial charge in [0.05, 0.1) is 5.69 Å².